The zero-order chi connectivity index (χ0) is 17.9. The molecule has 0 bridgehead atoms. The van der Waals surface area contributed by atoms with Gasteiger partial charge in [-0.05, 0) is 34.7 Å². The Morgan fingerprint density at radius 1 is 1.15 bits per heavy atom. The highest BCUT2D eigenvalue weighted by molar-refractivity contribution is 5.24. The first kappa shape index (κ1) is 16.9. The summed E-state index contributed by atoms with van der Waals surface area (Å²) in [5.41, 5.74) is 0.637. The van der Waals surface area contributed by atoms with Gasteiger partial charge in [0.05, 0.1) is 18.9 Å². The van der Waals surface area contributed by atoms with Crippen LogP contribution in [0, 0.1) is 5.82 Å². The van der Waals surface area contributed by atoms with E-state index in [1.54, 1.807) is 17.0 Å². The van der Waals surface area contributed by atoms with Crippen molar-refractivity contribution >= 4 is 0 Å². The molecule has 7 nitrogen and oxygen atoms in total. The summed E-state index contributed by atoms with van der Waals surface area (Å²) in [5, 5.41) is 12.3. The predicted octanol–water partition coefficient (Wildman–Crippen LogP) is -1.04. The summed E-state index contributed by atoms with van der Waals surface area (Å²) in [4.78, 5) is 2.78. The van der Waals surface area contributed by atoms with Crippen molar-refractivity contribution in [2.45, 2.75) is 12.6 Å². The Morgan fingerprint density at radius 3 is 2.69 bits per heavy atom. The number of likely N-dealkylation sites (N-methyl/N-ethyl adjacent to an activating group) is 1. The maximum atomic E-state index is 14.7. The molecule has 1 atom stereocenters. The summed E-state index contributed by atoms with van der Waals surface area (Å²) in [7, 11) is 2.19. The van der Waals surface area contributed by atoms with Crippen LogP contribution in [0.15, 0.2) is 47.1 Å². The molecule has 3 heterocycles. The van der Waals surface area contributed by atoms with E-state index in [2.05, 4.69) is 22.6 Å². The molecule has 0 amide bonds. The van der Waals surface area contributed by atoms with Crippen molar-refractivity contribution in [3.63, 3.8) is 0 Å². The third kappa shape index (κ3) is 3.38. The number of tetrazole rings is 1. The van der Waals surface area contributed by atoms with Gasteiger partial charge in [0, 0.05) is 0 Å². The van der Waals surface area contributed by atoms with E-state index in [9.17, 15) is 4.39 Å². The van der Waals surface area contributed by atoms with E-state index in [0.717, 1.165) is 31.9 Å². The second-order valence-electron chi connectivity index (χ2n) is 6.84. The van der Waals surface area contributed by atoms with Crippen molar-refractivity contribution in [3.8, 4) is 0 Å². The minimum Gasteiger partial charge on any atom is -0.467 e. The predicted molar refractivity (Wildman–Crippen MR) is 91.2 cm³/mol. The van der Waals surface area contributed by atoms with Crippen LogP contribution in [0.3, 0.4) is 0 Å². The molecule has 0 unspecified atom stereocenters. The molecule has 3 aromatic rings. The van der Waals surface area contributed by atoms with E-state index in [4.69, 9.17) is 4.42 Å². The molecule has 4 rings (SSSR count). The van der Waals surface area contributed by atoms with Crippen molar-refractivity contribution in [3.05, 3.63) is 65.6 Å². The zero-order valence-electron chi connectivity index (χ0n) is 14.7. The number of aromatic nitrogens is 4. The third-order valence-corrected chi connectivity index (χ3v) is 5.07. The van der Waals surface area contributed by atoms with Gasteiger partial charge in [-0.25, -0.2) is 9.07 Å². The number of nitrogens with one attached hydrogen (secondary N) is 2. The van der Waals surface area contributed by atoms with E-state index in [1.807, 2.05) is 24.3 Å². The number of rotatable bonds is 5. The maximum absolute atomic E-state index is 14.7. The highest BCUT2D eigenvalue weighted by Crippen LogP contribution is 2.20. The van der Waals surface area contributed by atoms with Crippen LogP contribution in [0.25, 0.3) is 0 Å². The fourth-order valence-electron chi connectivity index (χ4n) is 3.62. The highest BCUT2D eigenvalue weighted by atomic mass is 19.1. The number of piperazine rings is 1. The normalized spacial score (nSPS) is 21.6. The number of hydrogen-bond acceptors (Lipinski definition) is 4. The van der Waals surface area contributed by atoms with Crippen LogP contribution in [0.2, 0.25) is 0 Å². The first-order valence-corrected chi connectivity index (χ1v) is 8.91. The lowest BCUT2D eigenvalue weighted by atomic mass is 10.0. The maximum Gasteiger partial charge on any atom is 0.214 e. The Kier molecular flexibility index (Phi) is 4.77. The van der Waals surface area contributed by atoms with Crippen LogP contribution in [-0.4, -0.2) is 53.4 Å². The second kappa shape index (κ2) is 7.35. The number of nitrogens with zero attached hydrogens (tertiary/aromatic N) is 4. The molecule has 2 N–H and O–H groups in total. The lowest BCUT2D eigenvalue weighted by Crippen LogP contribution is -3.27. The van der Waals surface area contributed by atoms with Crippen LogP contribution >= 0.6 is 0 Å². The van der Waals surface area contributed by atoms with Gasteiger partial charge in [0.25, 0.3) is 0 Å². The quantitative estimate of drug-likeness (QED) is 0.611. The smallest absolute Gasteiger partial charge is 0.214 e. The summed E-state index contributed by atoms with van der Waals surface area (Å²) in [6.45, 7) is 4.40. The summed E-state index contributed by atoms with van der Waals surface area (Å²) >= 11 is 0. The molecule has 2 aromatic heterocycles. The molecule has 1 aliphatic heterocycles. The van der Waals surface area contributed by atoms with E-state index in [0.29, 0.717) is 17.9 Å². The van der Waals surface area contributed by atoms with Gasteiger partial charge >= 0.3 is 0 Å². The van der Waals surface area contributed by atoms with Gasteiger partial charge in [0.2, 0.25) is 5.82 Å². The minimum absolute atomic E-state index is 0.219. The standard InChI is InChI=1S/C18H21FN6O/c1-23-8-10-24(11-9-23)17(15-6-2-3-7-16(15)19)18-20-21-22-25(18)13-14-5-4-12-26-14/h2-7,12,17H,8-11,13H2,1H3/p+2/t17-/m1/s1. The van der Waals surface area contributed by atoms with Crippen LogP contribution in [0.1, 0.15) is 23.2 Å². The lowest BCUT2D eigenvalue weighted by Gasteiger charge is -2.32. The van der Waals surface area contributed by atoms with Gasteiger partial charge in [-0.2, -0.15) is 0 Å². The molecule has 136 valence electrons. The number of furan rings is 1. The second-order valence-corrected chi connectivity index (χ2v) is 6.84. The van der Waals surface area contributed by atoms with Crippen LogP contribution in [0.4, 0.5) is 4.39 Å². The third-order valence-electron chi connectivity index (χ3n) is 5.07. The van der Waals surface area contributed by atoms with Crippen LogP contribution in [-0.2, 0) is 6.54 Å². The minimum atomic E-state index is -0.241. The Balaban J connectivity index is 1.72. The molecule has 0 radical (unpaired) electrons. The number of hydrogen-bond donors (Lipinski definition) is 2. The van der Waals surface area contributed by atoms with E-state index >= 15 is 0 Å². The molecule has 0 spiro atoms. The molecule has 1 aromatic carbocycles. The first-order chi connectivity index (χ1) is 12.7. The average molecular weight is 358 g/mol. The zero-order valence-corrected chi connectivity index (χ0v) is 14.7. The molecule has 8 heteroatoms. The number of quaternary nitrogens is 2. The Morgan fingerprint density at radius 2 is 1.96 bits per heavy atom. The van der Waals surface area contributed by atoms with Gasteiger partial charge in [-0.3, -0.25) is 0 Å². The van der Waals surface area contributed by atoms with Crippen molar-refractivity contribution in [2.24, 2.45) is 0 Å². The van der Waals surface area contributed by atoms with E-state index in [1.165, 1.54) is 15.9 Å². The number of benzene rings is 1. The molecule has 1 aliphatic rings. The summed E-state index contributed by atoms with van der Waals surface area (Å²) < 4.78 is 21.8. The molecule has 1 saturated heterocycles. The Hall–Kier alpha value is -2.58. The van der Waals surface area contributed by atoms with Crippen LogP contribution in [0.5, 0.6) is 0 Å². The van der Waals surface area contributed by atoms with E-state index in [-0.39, 0.29) is 11.9 Å². The first-order valence-electron chi connectivity index (χ1n) is 8.91. The van der Waals surface area contributed by atoms with Crippen LogP contribution < -0.4 is 9.80 Å². The molecular weight excluding hydrogens is 335 g/mol. The SMILES string of the molecule is C[NH+]1CC[NH+]([C@H](c2ccccc2F)c2nnnn2Cc2ccco2)CC1. The molecule has 26 heavy (non-hydrogen) atoms. The molecule has 0 aliphatic carbocycles. The topological polar surface area (TPSA) is 65.6 Å². The molecule has 0 saturated carbocycles. The van der Waals surface area contributed by atoms with Crippen molar-refractivity contribution in [2.75, 3.05) is 33.2 Å². The van der Waals surface area contributed by atoms with Crippen molar-refractivity contribution in [1.82, 2.24) is 20.2 Å². The summed E-state index contributed by atoms with van der Waals surface area (Å²) in [6.07, 6.45) is 1.63. The lowest BCUT2D eigenvalue weighted by molar-refractivity contribution is -1.02. The molecular formula is C18H23FN6O+2. The van der Waals surface area contributed by atoms with Gasteiger partial charge in [0.1, 0.15) is 44.3 Å². The highest BCUT2D eigenvalue weighted by Gasteiger charge is 2.36. The largest absolute Gasteiger partial charge is 0.467 e. The monoisotopic (exact) mass is 358 g/mol. The van der Waals surface area contributed by atoms with Gasteiger partial charge < -0.3 is 14.2 Å². The molecule has 1 fully saturated rings. The average Bonchev–Trinajstić information content (AvgIpc) is 3.31. The Labute approximate surface area is 151 Å². The summed E-state index contributed by atoms with van der Waals surface area (Å²) in [5.74, 6) is 1.22. The van der Waals surface area contributed by atoms with Gasteiger partial charge in [0.15, 0.2) is 6.04 Å². The van der Waals surface area contributed by atoms with E-state index < -0.39 is 0 Å². The fourth-order valence-corrected chi connectivity index (χ4v) is 3.62. The Bertz CT molecular complexity index is 841. The number of halogens is 1. The fraction of sp³-hybridized carbons (Fsp3) is 0.389. The van der Waals surface area contributed by atoms with Crippen molar-refractivity contribution < 1.29 is 18.6 Å². The van der Waals surface area contributed by atoms with Gasteiger partial charge in [-0.15, -0.1) is 5.10 Å². The van der Waals surface area contributed by atoms with Gasteiger partial charge in [-0.1, -0.05) is 12.1 Å². The van der Waals surface area contributed by atoms with Crippen molar-refractivity contribution in [1.29, 1.82) is 0 Å². The summed E-state index contributed by atoms with van der Waals surface area (Å²) in [6, 6.07) is 10.4.